The molecule has 0 aromatic heterocycles. The zero-order valence-electron chi connectivity index (χ0n) is 13.0. The van der Waals surface area contributed by atoms with Crippen LogP contribution in [0.1, 0.15) is 60.3 Å². The summed E-state index contributed by atoms with van der Waals surface area (Å²) in [5.74, 6) is 0.00262. The van der Waals surface area contributed by atoms with Crippen molar-refractivity contribution in [2.75, 3.05) is 0 Å². The summed E-state index contributed by atoms with van der Waals surface area (Å²) < 4.78 is 5.98. The van der Waals surface area contributed by atoms with E-state index in [4.69, 9.17) is 4.74 Å². The van der Waals surface area contributed by atoms with Crippen LogP contribution in [0.25, 0.3) is 0 Å². The van der Waals surface area contributed by atoms with E-state index in [1.54, 1.807) is 0 Å². The Bertz CT molecular complexity index is 283. The van der Waals surface area contributed by atoms with Crippen LogP contribution in [0, 0.1) is 0 Å². The molecule has 4 nitrogen and oxygen atoms in total. The molecule has 1 heterocycles. The first-order chi connectivity index (χ1) is 8.97. The van der Waals surface area contributed by atoms with E-state index in [0.717, 1.165) is 25.7 Å². The molecule has 0 aromatic rings. The highest BCUT2D eigenvalue weighted by Gasteiger charge is 2.30. The Balaban J connectivity index is 2.46. The molecule has 4 heteroatoms. The number of hydrogen-bond acceptors (Lipinski definition) is 3. The summed E-state index contributed by atoms with van der Waals surface area (Å²) >= 11 is 0. The highest BCUT2D eigenvalue weighted by Crippen LogP contribution is 2.20. The van der Waals surface area contributed by atoms with Crippen LogP contribution in [0.2, 0.25) is 0 Å². The average Bonchev–Trinajstić information content (AvgIpc) is 2.40. The number of amides is 1. The maximum atomic E-state index is 12.0. The lowest BCUT2D eigenvalue weighted by molar-refractivity contribution is -0.138. The molecule has 5 atom stereocenters. The minimum Gasteiger partial charge on any atom is -0.364 e. The fraction of sp³-hybridized carbons (Fsp3) is 0.933. The summed E-state index contributed by atoms with van der Waals surface area (Å²) in [7, 11) is 0. The Labute approximate surface area is 117 Å². The number of rotatable bonds is 6. The maximum absolute atomic E-state index is 12.0. The molecule has 0 radical (unpaired) electrons. The van der Waals surface area contributed by atoms with Crippen LogP contribution in [-0.4, -0.2) is 36.2 Å². The van der Waals surface area contributed by atoms with Gasteiger partial charge in [0.15, 0.2) is 0 Å². The van der Waals surface area contributed by atoms with Gasteiger partial charge in [-0.25, -0.2) is 0 Å². The molecule has 1 fully saturated rings. The molecule has 0 aromatic carbocycles. The Morgan fingerprint density at radius 1 is 1.37 bits per heavy atom. The fourth-order valence-electron chi connectivity index (χ4n) is 2.50. The number of ether oxygens (including phenoxy) is 1. The lowest BCUT2D eigenvalue weighted by Gasteiger charge is -2.37. The quantitative estimate of drug-likeness (QED) is 0.778. The minimum atomic E-state index is -0.372. The number of piperidine rings is 1. The Morgan fingerprint density at radius 2 is 2.05 bits per heavy atom. The number of nitrogens with one attached hydrogen (secondary N) is 2. The van der Waals surface area contributed by atoms with Gasteiger partial charge in [-0.15, -0.1) is 0 Å². The van der Waals surface area contributed by atoms with Gasteiger partial charge in [-0.2, -0.15) is 0 Å². The monoisotopic (exact) mass is 270 g/mol. The van der Waals surface area contributed by atoms with E-state index in [-0.39, 0.29) is 24.2 Å². The van der Waals surface area contributed by atoms with Gasteiger partial charge in [-0.3, -0.25) is 4.79 Å². The lowest BCUT2D eigenvalue weighted by Crippen LogP contribution is -2.52. The third-order valence-electron chi connectivity index (χ3n) is 4.02. The van der Waals surface area contributed by atoms with E-state index in [1.165, 1.54) is 0 Å². The topological polar surface area (TPSA) is 50.4 Å². The lowest BCUT2D eigenvalue weighted by atomic mass is 9.94. The number of hydrogen-bond donors (Lipinski definition) is 2. The van der Waals surface area contributed by atoms with Crippen molar-refractivity contribution in [2.45, 2.75) is 90.6 Å². The third kappa shape index (κ3) is 5.11. The fourth-order valence-corrected chi connectivity index (χ4v) is 2.50. The second-order valence-corrected chi connectivity index (χ2v) is 5.79. The highest BCUT2D eigenvalue weighted by molar-refractivity contribution is 5.80. The first-order valence-corrected chi connectivity index (χ1v) is 7.69. The Morgan fingerprint density at radius 3 is 2.63 bits per heavy atom. The van der Waals surface area contributed by atoms with E-state index in [1.807, 2.05) is 13.8 Å². The average molecular weight is 270 g/mol. The third-order valence-corrected chi connectivity index (χ3v) is 4.02. The molecule has 1 rings (SSSR count). The van der Waals surface area contributed by atoms with Crippen molar-refractivity contribution in [3.05, 3.63) is 0 Å². The van der Waals surface area contributed by atoms with Gasteiger partial charge < -0.3 is 15.4 Å². The molecule has 5 unspecified atom stereocenters. The van der Waals surface area contributed by atoms with Gasteiger partial charge in [0.1, 0.15) is 6.10 Å². The van der Waals surface area contributed by atoms with Crippen molar-refractivity contribution in [1.82, 2.24) is 10.6 Å². The second kappa shape index (κ2) is 7.85. The first kappa shape index (κ1) is 16.4. The van der Waals surface area contributed by atoms with Gasteiger partial charge in [0.05, 0.1) is 6.10 Å². The van der Waals surface area contributed by atoms with Gasteiger partial charge in [0.2, 0.25) is 5.91 Å². The summed E-state index contributed by atoms with van der Waals surface area (Å²) in [6, 6.07) is 1.13. The molecule has 0 saturated carbocycles. The largest absolute Gasteiger partial charge is 0.364 e. The smallest absolute Gasteiger partial charge is 0.249 e. The molecule has 2 N–H and O–H groups in total. The Hall–Kier alpha value is -0.610. The van der Waals surface area contributed by atoms with E-state index in [2.05, 4.69) is 31.4 Å². The predicted molar refractivity (Wildman–Crippen MR) is 78.1 cm³/mol. The van der Waals surface area contributed by atoms with E-state index < -0.39 is 0 Å². The molecule has 1 aliphatic heterocycles. The van der Waals surface area contributed by atoms with Crippen molar-refractivity contribution >= 4 is 5.91 Å². The van der Waals surface area contributed by atoms with Crippen molar-refractivity contribution in [1.29, 1.82) is 0 Å². The molecular formula is C15H30N2O2. The minimum absolute atomic E-state index is 0.00262. The molecule has 0 spiro atoms. The number of carbonyl (C=O) groups excluding carboxylic acids is 1. The van der Waals surface area contributed by atoms with E-state index in [9.17, 15) is 4.79 Å². The SMILES string of the molecule is CCC(C)NC(=O)C(C)OC1CCC(C)NC1CC. The van der Waals surface area contributed by atoms with Crippen LogP contribution < -0.4 is 10.6 Å². The van der Waals surface area contributed by atoms with Gasteiger partial charge in [0, 0.05) is 18.1 Å². The molecule has 0 aliphatic carbocycles. The summed E-state index contributed by atoms with van der Waals surface area (Å²) in [6.07, 6.45) is 3.91. The van der Waals surface area contributed by atoms with Crippen molar-refractivity contribution < 1.29 is 9.53 Å². The summed E-state index contributed by atoms with van der Waals surface area (Å²) in [5.41, 5.74) is 0. The molecule has 0 bridgehead atoms. The van der Waals surface area contributed by atoms with Gasteiger partial charge in [0.25, 0.3) is 0 Å². The van der Waals surface area contributed by atoms with Crippen LogP contribution in [0.4, 0.5) is 0 Å². The normalized spacial score (nSPS) is 30.7. The summed E-state index contributed by atoms with van der Waals surface area (Å²) in [4.78, 5) is 12.0. The van der Waals surface area contributed by atoms with Crippen molar-refractivity contribution in [2.24, 2.45) is 0 Å². The van der Waals surface area contributed by atoms with Crippen LogP contribution in [0.3, 0.4) is 0 Å². The zero-order valence-corrected chi connectivity index (χ0v) is 13.0. The van der Waals surface area contributed by atoms with Crippen molar-refractivity contribution in [3.8, 4) is 0 Å². The van der Waals surface area contributed by atoms with Gasteiger partial charge in [-0.1, -0.05) is 13.8 Å². The van der Waals surface area contributed by atoms with E-state index in [0.29, 0.717) is 12.1 Å². The predicted octanol–water partition coefficient (Wildman–Crippen LogP) is 2.23. The molecule has 1 aliphatic rings. The summed E-state index contributed by atoms with van der Waals surface area (Å²) in [6.45, 7) is 10.3. The van der Waals surface area contributed by atoms with Crippen LogP contribution >= 0.6 is 0 Å². The summed E-state index contributed by atoms with van der Waals surface area (Å²) in [5, 5.41) is 6.53. The zero-order chi connectivity index (χ0) is 14.4. The number of carbonyl (C=O) groups is 1. The highest BCUT2D eigenvalue weighted by atomic mass is 16.5. The van der Waals surface area contributed by atoms with Gasteiger partial charge in [-0.05, 0) is 46.5 Å². The van der Waals surface area contributed by atoms with Crippen LogP contribution in [0.15, 0.2) is 0 Å². The molecule has 112 valence electrons. The Kier molecular flexibility index (Phi) is 6.80. The maximum Gasteiger partial charge on any atom is 0.249 e. The second-order valence-electron chi connectivity index (χ2n) is 5.79. The van der Waals surface area contributed by atoms with Gasteiger partial charge >= 0.3 is 0 Å². The van der Waals surface area contributed by atoms with Crippen LogP contribution in [0.5, 0.6) is 0 Å². The standard InChI is InChI=1S/C15H30N2O2/c1-6-10(3)17-15(18)12(5)19-14-9-8-11(4)16-13(14)7-2/h10-14,16H,6-9H2,1-5H3,(H,17,18). The van der Waals surface area contributed by atoms with Crippen LogP contribution in [-0.2, 0) is 9.53 Å². The molecule has 1 amide bonds. The molecule has 19 heavy (non-hydrogen) atoms. The first-order valence-electron chi connectivity index (χ1n) is 7.69. The molecular weight excluding hydrogens is 240 g/mol. The molecule has 1 saturated heterocycles. The van der Waals surface area contributed by atoms with Crippen molar-refractivity contribution in [3.63, 3.8) is 0 Å². The van der Waals surface area contributed by atoms with E-state index >= 15 is 0 Å².